The SMILES string of the molecule is COCCN(C)CCC1(CN)CCCCC1. The Labute approximate surface area is 100 Å². The monoisotopic (exact) mass is 228 g/mol. The molecule has 0 aromatic carbocycles. The van der Waals surface area contributed by atoms with Crippen molar-refractivity contribution in [2.75, 3.05) is 40.4 Å². The highest BCUT2D eigenvalue weighted by Crippen LogP contribution is 2.38. The molecular weight excluding hydrogens is 200 g/mol. The summed E-state index contributed by atoms with van der Waals surface area (Å²) >= 11 is 0. The van der Waals surface area contributed by atoms with Crippen molar-refractivity contribution in [2.24, 2.45) is 11.1 Å². The molecule has 0 aliphatic heterocycles. The van der Waals surface area contributed by atoms with Crippen LogP contribution in [0.15, 0.2) is 0 Å². The molecule has 0 bridgehead atoms. The number of hydrogen-bond donors (Lipinski definition) is 1. The van der Waals surface area contributed by atoms with E-state index in [0.717, 1.165) is 26.2 Å². The van der Waals surface area contributed by atoms with Gasteiger partial charge < -0.3 is 15.4 Å². The summed E-state index contributed by atoms with van der Waals surface area (Å²) in [6, 6.07) is 0. The normalized spacial score (nSPS) is 20.2. The molecule has 0 radical (unpaired) electrons. The van der Waals surface area contributed by atoms with Crippen LogP contribution in [0.4, 0.5) is 0 Å². The van der Waals surface area contributed by atoms with Crippen LogP contribution in [0.3, 0.4) is 0 Å². The van der Waals surface area contributed by atoms with E-state index >= 15 is 0 Å². The third-order valence-electron chi connectivity index (χ3n) is 4.05. The Bertz CT molecular complexity index is 179. The molecule has 3 nitrogen and oxygen atoms in total. The van der Waals surface area contributed by atoms with E-state index in [1.165, 1.54) is 38.5 Å². The first-order valence-electron chi connectivity index (χ1n) is 6.60. The maximum atomic E-state index is 5.98. The Morgan fingerprint density at radius 1 is 1.19 bits per heavy atom. The molecule has 16 heavy (non-hydrogen) atoms. The fourth-order valence-electron chi connectivity index (χ4n) is 2.64. The molecule has 3 heteroatoms. The lowest BCUT2D eigenvalue weighted by Gasteiger charge is -2.37. The van der Waals surface area contributed by atoms with Gasteiger partial charge in [0.1, 0.15) is 0 Å². The Hall–Kier alpha value is -0.120. The van der Waals surface area contributed by atoms with Crippen LogP contribution < -0.4 is 5.73 Å². The van der Waals surface area contributed by atoms with E-state index in [-0.39, 0.29) is 0 Å². The van der Waals surface area contributed by atoms with Crippen molar-refractivity contribution in [1.82, 2.24) is 4.90 Å². The van der Waals surface area contributed by atoms with Crippen molar-refractivity contribution >= 4 is 0 Å². The van der Waals surface area contributed by atoms with Gasteiger partial charge in [-0.25, -0.2) is 0 Å². The van der Waals surface area contributed by atoms with Crippen molar-refractivity contribution in [3.05, 3.63) is 0 Å². The average Bonchev–Trinajstić information content (AvgIpc) is 2.35. The molecule has 1 aliphatic carbocycles. The second-order valence-corrected chi connectivity index (χ2v) is 5.31. The van der Waals surface area contributed by atoms with Crippen LogP contribution in [0, 0.1) is 5.41 Å². The van der Waals surface area contributed by atoms with E-state index < -0.39 is 0 Å². The molecule has 0 spiro atoms. The van der Waals surface area contributed by atoms with Crippen molar-refractivity contribution < 1.29 is 4.74 Å². The van der Waals surface area contributed by atoms with Gasteiger partial charge in [-0.05, 0) is 44.8 Å². The van der Waals surface area contributed by atoms with E-state index in [1.54, 1.807) is 7.11 Å². The summed E-state index contributed by atoms with van der Waals surface area (Å²) in [6.45, 7) is 3.87. The summed E-state index contributed by atoms with van der Waals surface area (Å²) in [5.74, 6) is 0. The van der Waals surface area contributed by atoms with Crippen LogP contribution in [0.5, 0.6) is 0 Å². The predicted octanol–water partition coefficient (Wildman–Crippen LogP) is 1.86. The molecule has 1 aliphatic rings. The van der Waals surface area contributed by atoms with Crippen LogP contribution in [0.1, 0.15) is 38.5 Å². The van der Waals surface area contributed by atoms with E-state index in [1.807, 2.05) is 0 Å². The van der Waals surface area contributed by atoms with Crippen molar-refractivity contribution in [3.8, 4) is 0 Å². The molecular formula is C13H28N2O. The third-order valence-corrected chi connectivity index (χ3v) is 4.05. The van der Waals surface area contributed by atoms with Gasteiger partial charge >= 0.3 is 0 Å². The summed E-state index contributed by atoms with van der Waals surface area (Å²) in [6.07, 6.45) is 8.08. The molecule has 1 fully saturated rings. The molecule has 0 unspecified atom stereocenters. The highest BCUT2D eigenvalue weighted by atomic mass is 16.5. The zero-order chi connectivity index (χ0) is 11.9. The van der Waals surface area contributed by atoms with Gasteiger partial charge in [0.2, 0.25) is 0 Å². The lowest BCUT2D eigenvalue weighted by atomic mass is 9.72. The molecule has 0 heterocycles. The van der Waals surface area contributed by atoms with Crippen LogP contribution in [-0.4, -0.2) is 45.3 Å². The molecule has 0 aromatic heterocycles. The van der Waals surface area contributed by atoms with Crippen molar-refractivity contribution in [3.63, 3.8) is 0 Å². The zero-order valence-electron chi connectivity index (χ0n) is 11.0. The topological polar surface area (TPSA) is 38.5 Å². The molecule has 0 saturated heterocycles. The minimum atomic E-state index is 0.444. The van der Waals surface area contributed by atoms with Crippen molar-refractivity contribution in [1.29, 1.82) is 0 Å². The highest BCUT2D eigenvalue weighted by Gasteiger charge is 2.30. The van der Waals surface area contributed by atoms with Crippen LogP contribution in [-0.2, 0) is 4.74 Å². The molecule has 1 saturated carbocycles. The summed E-state index contributed by atoms with van der Waals surface area (Å²) < 4.78 is 5.09. The summed E-state index contributed by atoms with van der Waals surface area (Å²) in [4.78, 5) is 2.36. The van der Waals surface area contributed by atoms with Gasteiger partial charge in [0.15, 0.2) is 0 Å². The Kier molecular flexibility index (Phi) is 6.32. The lowest BCUT2D eigenvalue weighted by Crippen LogP contribution is -2.37. The molecule has 0 aromatic rings. The van der Waals surface area contributed by atoms with Gasteiger partial charge in [-0.2, -0.15) is 0 Å². The number of likely N-dealkylation sites (N-methyl/N-ethyl adjacent to an activating group) is 1. The van der Waals surface area contributed by atoms with Crippen molar-refractivity contribution in [2.45, 2.75) is 38.5 Å². The molecule has 0 amide bonds. The first-order valence-corrected chi connectivity index (χ1v) is 6.60. The van der Waals surface area contributed by atoms with E-state index in [2.05, 4.69) is 11.9 Å². The summed E-state index contributed by atoms with van der Waals surface area (Å²) in [5.41, 5.74) is 6.43. The lowest BCUT2D eigenvalue weighted by molar-refractivity contribution is 0.130. The highest BCUT2D eigenvalue weighted by molar-refractivity contribution is 4.84. The quantitative estimate of drug-likeness (QED) is 0.723. The van der Waals surface area contributed by atoms with Gasteiger partial charge in [0.05, 0.1) is 6.61 Å². The molecule has 96 valence electrons. The summed E-state index contributed by atoms with van der Waals surface area (Å²) in [5, 5.41) is 0. The second-order valence-electron chi connectivity index (χ2n) is 5.31. The Morgan fingerprint density at radius 2 is 1.88 bits per heavy atom. The van der Waals surface area contributed by atoms with Gasteiger partial charge in [-0.3, -0.25) is 0 Å². The van der Waals surface area contributed by atoms with E-state index in [0.29, 0.717) is 5.41 Å². The Balaban J connectivity index is 2.27. The van der Waals surface area contributed by atoms with E-state index in [9.17, 15) is 0 Å². The second kappa shape index (κ2) is 7.25. The first-order chi connectivity index (χ1) is 7.72. The number of hydrogen-bond acceptors (Lipinski definition) is 3. The smallest absolute Gasteiger partial charge is 0.0589 e. The standard InChI is InChI=1S/C13H28N2O/c1-15(10-11-16-2)9-8-13(12-14)6-4-3-5-7-13/h3-12,14H2,1-2H3. The van der Waals surface area contributed by atoms with Gasteiger partial charge in [-0.15, -0.1) is 0 Å². The van der Waals surface area contributed by atoms with Crippen LogP contribution in [0.2, 0.25) is 0 Å². The number of nitrogens with two attached hydrogens (primary N) is 1. The average molecular weight is 228 g/mol. The minimum Gasteiger partial charge on any atom is -0.383 e. The fourth-order valence-corrected chi connectivity index (χ4v) is 2.64. The zero-order valence-corrected chi connectivity index (χ0v) is 11.0. The maximum absolute atomic E-state index is 5.98. The number of methoxy groups -OCH3 is 1. The van der Waals surface area contributed by atoms with Crippen LogP contribution in [0.25, 0.3) is 0 Å². The maximum Gasteiger partial charge on any atom is 0.0589 e. The first kappa shape index (κ1) is 13.9. The Morgan fingerprint density at radius 3 is 2.44 bits per heavy atom. The van der Waals surface area contributed by atoms with Gasteiger partial charge in [0, 0.05) is 13.7 Å². The largest absolute Gasteiger partial charge is 0.383 e. The fraction of sp³-hybridized carbons (Fsp3) is 1.00. The van der Waals surface area contributed by atoms with Gasteiger partial charge in [-0.1, -0.05) is 19.3 Å². The van der Waals surface area contributed by atoms with Crippen LogP contribution >= 0.6 is 0 Å². The molecule has 0 atom stereocenters. The predicted molar refractivity (Wildman–Crippen MR) is 68.6 cm³/mol. The molecule has 2 N–H and O–H groups in total. The number of ether oxygens (including phenoxy) is 1. The summed E-state index contributed by atoms with van der Waals surface area (Å²) in [7, 11) is 3.93. The number of rotatable bonds is 7. The molecule has 1 rings (SSSR count). The van der Waals surface area contributed by atoms with Gasteiger partial charge in [0.25, 0.3) is 0 Å². The minimum absolute atomic E-state index is 0.444. The van der Waals surface area contributed by atoms with E-state index in [4.69, 9.17) is 10.5 Å². The number of nitrogens with zero attached hydrogens (tertiary/aromatic N) is 1. The third kappa shape index (κ3) is 4.40.